The Morgan fingerprint density at radius 1 is 1.25 bits per heavy atom. The summed E-state index contributed by atoms with van der Waals surface area (Å²) in [6.45, 7) is 5.52. The van der Waals surface area contributed by atoms with Gasteiger partial charge in [-0.3, -0.25) is 4.57 Å². The number of rotatable bonds is 3. The Labute approximate surface area is 161 Å². The van der Waals surface area contributed by atoms with Gasteiger partial charge in [0.2, 0.25) is 0 Å². The number of thiazole rings is 1. The third-order valence-corrected chi connectivity index (χ3v) is 4.87. The number of carbonyl (C=O) groups excluding carboxylic acids is 1. The fourth-order valence-corrected chi connectivity index (χ4v) is 3.19. The van der Waals surface area contributed by atoms with Crippen LogP contribution in [-0.2, 0) is 0 Å². The van der Waals surface area contributed by atoms with Crippen molar-refractivity contribution in [3.8, 4) is 17.2 Å². The Balaban J connectivity index is 1.99. The van der Waals surface area contributed by atoms with Crippen molar-refractivity contribution in [2.24, 2.45) is 4.99 Å². The Bertz CT molecular complexity index is 971. The molecule has 0 radical (unpaired) electrons. The van der Waals surface area contributed by atoms with Crippen LogP contribution in [0.5, 0.6) is 11.5 Å². The normalized spacial score (nSPS) is 18.6. The Kier molecular flexibility index (Phi) is 5.13. The van der Waals surface area contributed by atoms with Gasteiger partial charge in [0.1, 0.15) is 0 Å². The van der Waals surface area contributed by atoms with Crippen LogP contribution < -0.4 is 19.6 Å². The van der Waals surface area contributed by atoms with Gasteiger partial charge in [-0.1, -0.05) is 6.92 Å². The third kappa shape index (κ3) is 3.84. The zero-order valence-corrected chi connectivity index (χ0v) is 15.9. The predicted molar refractivity (Wildman–Crippen MR) is 93.4 cm³/mol. The van der Waals surface area contributed by atoms with E-state index in [2.05, 4.69) is 19.8 Å². The van der Waals surface area contributed by atoms with Crippen LogP contribution in [0.3, 0.4) is 0 Å². The number of nitrogens with zero attached hydrogens (tertiary/aromatic N) is 2. The molecule has 2 amide bonds. The Morgan fingerprint density at radius 3 is 2.54 bits per heavy atom. The van der Waals surface area contributed by atoms with Gasteiger partial charge in [-0.25, -0.2) is 4.79 Å². The molecule has 1 aliphatic rings. The van der Waals surface area contributed by atoms with E-state index >= 15 is 0 Å². The smallest absolute Gasteiger partial charge is 0.421 e. The van der Waals surface area contributed by atoms with Gasteiger partial charge in [0, 0.05) is 23.2 Å². The Hall–Kier alpha value is -2.56. The molecular weight excluding hydrogens is 402 g/mol. The molecule has 1 aliphatic heterocycles. The number of hydrogen-bond acceptors (Lipinski definition) is 4. The molecule has 28 heavy (non-hydrogen) atoms. The number of nitrogens with one attached hydrogen (secondary N) is 1. The second-order valence-electron chi connectivity index (χ2n) is 6.23. The number of aromatic nitrogens is 1. The predicted octanol–water partition coefficient (Wildman–Crippen LogP) is 4.21. The zero-order valence-electron chi connectivity index (χ0n) is 15.1. The molecule has 2 heterocycles. The Morgan fingerprint density at radius 2 is 1.89 bits per heavy atom. The van der Waals surface area contributed by atoms with Gasteiger partial charge in [-0.05, 0) is 32.4 Å². The number of hydrogen-bond donors (Lipinski definition) is 1. The van der Waals surface area contributed by atoms with E-state index in [9.17, 15) is 22.4 Å². The van der Waals surface area contributed by atoms with Crippen LogP contribution in [0.15, 0.2) is 29.4 Å². The van der Waals surface area contributed by atoms with Crippen molar-refractivity contribution in [2.45, 2.75) is 45.5 Å². The molecule has 1 aromatic heterocycles. The summed E-state index contributed by atoms with van der Waals surface area (Å²) in [6, 6.07) is 2.98. The zero-order chi connectivity index (χ0) is 20.7. The lowest BCUT2D eigenvalue weighted by molar-refractivity contribution is -0.391. The second kappa shape index (κ2) is 7.12. The van der Waals surface area contributed by atoms with E-state index in [1.54, 1.807) is 13.1 Å². The molecule has 0 spiro atoms. The first-order valence-corrected chi connectivity index (χ1v) is 9.16. The van der Waals surface area contributed by atoms with Crippen molar-refractivity contribution >= 4 is 17.4 Å². The van der Waals surface area contributed by atoms with E-state index in [1.165, 1.54) is 22.0 Å². The van der Waals surface area contributed by atoms with Crippen molar-refractivity contribution in [3.05, 3.63) is 34.1 Å². The van der Waals surface area contributed by atoms with Crippen molar-refractivity contribution in [2.75, 3.05) is 0 Å². The first-order valence-electron chi connectivity index (χ1n) is 8.35. The average Bonchev–Trinajstić information content (AvgIpc) is 2.94. The van der Waals surface area contributed by atoms with Crippen molar-refractivity contribution in [3.63, 3.8) is 0 Å². The first-order chi connectivity index (χ1) is 13.0. The van der Waals surface area contributed by atoms with Crippen LogP contribution in [0, 0.1) is 6.92 Å². The van der Waals surface area contributed by atoms with Crippen LogP contribution in [0.4, 0.5) is 22.4 Å². The lowest BCUT2D eigenvalue weighted by Gasteiger charge is -2.31. The molecule has 0 saturated carbocycles. The molecule has 6 nitrogen and oxygen atoms in total. The summed E-state index contributed by atoms with van der Waals surface area (Å²) in [7, 11) is 0. The van der Waals surface area contributed by atoms with Gasteiger partial charge in [0.25, 0.3) is 0 Å². The molecule has 152 valence electrons. The molecular formula is C17H17F4N3O3S. The molecule has 1 atom stereocenters. The van der Waals surface area contributed by atoms with Gasteiger partial charge < -0.3 is 14.8 Å². The summed E-state index contributed by atoms with van der Waals surface area (Å²) in [4.78, 5) is 17.1. The highest BCUT2D eigenvalue weighted by Crippen LogP contribution is 2.47. The van der Waals surface area contributed by atoms with E-state index in [0.717, 1.165) is 23.4 Å². The number of aryl methyl sites for hydroxylation is 1. The molecule has 0 fully saturated rings. The lowest BCUT2D eigenvalue weighted by Crippen LogP contribution is -2.52. The summed E-state index contributed by atoms with van der Waals surface area (Å²) >= 11 is 1.20. The number of halogens is 4. The van der Waals surface area contributed by atoms with Crippen molar-refractivity contribution in [1.29, 1.82) is 0 Å². The quantitative estimate of drug-likeness (QED) is 0.758. The minimum absolute atomic E-state index is 0.0658. The molecule has 0 bridgehead atoms. The maximum atomic E-state index is 13.4. The van der Waals surface area contributed by atoms with E-state index in [4.69, 9.17) is 0 Å². The minimum Gasteiger partial charge on any atom is -0.421 e. The standard InChI is InChI=1S/C17H17F4N3O3S/c1-4-9(2)22-14(25)23-15-24(8-10(3)28-15)11-5-6-12-13(7-11)27-17(20,21)16(18,19)26-12/h5-9H,4H2,1-3H3,(H,22,25). The summed E-state index contributed by atoms with van der Waals surface area (Å²) in [5.74, 6) is -1.06. The molecule has 1 N–H and O–H groups in total. The maximum Gasteiger partial charge on any atom is 0.507 e. The van der Waals surface area contributed by atoms with Crippen LogP contribution >= 0.6 is 11.3 Å². The monoisotopic (exact) mass is 419 g/mol. The van der Waals surface area contributed by atoms with Gasteiger partial charge in [0.05, 0.1) is 5.69 Å². The number of carbonyl (C=O) groups is 1. The average molecular weight is 419 g/mol. The largest absolute Gasteiger partial charge is 0.507 e. The highest BCUT2D eigenvalue weighted by atomic mass is 32.1. The highest BCUT2D eigenvalue weighted by molar-refractivity contribution is 7.09. The van der Waals surface area contributed by atoms with E-state index < -0.39 is 29.7 Å². The van der Waals surface area contributed by atoms with Crippen LogP contribution in [0.25, 0.3) is 5.69 Å². The number of alkyl halides is 4. The van der Waals surface area contributed by atoms with Crippen LogP contribution in [0.2, 0.25) is 0 Å². The molecule has 3 rings (SSSR count). The van der Waals surface area contributed by atoms with E-state index in [1.807, 2.05) is 13.8 Å². The fourth-order valence-electron chi connectivity index (χ4n) is 2.36. The van der Waals surface area contributed by atoms with Crippen LogP contribution in [0.1, 0.15) is 25.1 Å². The third-order valence-electron chi connectivity index (χ3n) is 3.97. The summed E-state index contributed by atoms with van der Waals surface area (Å²) in [5.41, 5.74) is 0.294. The SMILES string of the molecule is CCC(C)NC(=O)N=c1sc(C)cn1-c1ccc2c(c1)OC(F)(F)C(F)(F)O2. The number of fused-ring (bicyclic) bond motifs is 1. The molecule has 0 saturated heterocycles. The minimum atomic E-state index is -4.81. The summed E-state index contributed by atoms with van der Waals surface area (Å²) in [6.07, 6.45) is -7.22. The van der Waals surface area contributed by atoms with Crippen molar-refractivity contribution in [1.82, 2.24) is 9.88 Å². The maximum absolute atomic E-state index is 13.4. The second-order valence-corrected chi connectivity index (χ2v) is 7.45. The lowest BCUT2D eigenvalue weighted by atomic mass is 10.2. The van der Waals surface area contributed by atoms with Gasteiger partial charge in [-0.15, -0.1) is 11.3 Å². The molecule has 1 unspecified atom stereocenters. The summed E-state index contributed by atoms with van der Waals surface area (Å²) in [5, 5.41) is 2.70. The highest BCUT2D eigenvalue weighted by Gasteiger charge is 2.65. The fraction of sp³-hybridized carbons (Fsp3) is 0.412. The number of ether oxygens (including phenoxy) is 2. The van der Waals surface area contributed by atoms with E-state index in [0.29, 0.717) is 5.69 Å². The molecule has 0 aliphatic carbocycles. The van der Waals surface area contributed by atoms with Gasteiger partial charge in [-0.2, -0.15) is 22.6 Å². The van der Waals surface area contributed by atoms with E-state index in [-0.39, 0.29) is 10.8 Å². The van der Waals surface area contributed by atoms with Crippen LogP contribution in [-0.4, -0.2) is 28.9 Å². The first kappa shape index (κ1) is 20.2. The number of benzene rings is 1. The van der Waals surface area contributed by atoms with Crippen molar-refractivity contribution < 1.29 is 31.8 Å². The topological polar surface area (TPSA) is 64.9 Å². The molecule has 11 heteroatoms. The van der Waals surface area contributed by atoms with Gasteiger partial charge in [0.15, 0.2) is 16.3 Å². The number of amides is 2. The molecule has 1 aromatic carbocycles. The summed E-state index contributed by atoms with van der Waals surface area (Å²) < 4.78 is 63.1. The number of urea groups is 1. The van der Waals surface area contributed by atoms with Gasteiger partial charge >= 0.3 is 18.2 Å². The molecule has 2 aromatic rings.